The Hall–Kier alpha value is -1.51. The molecule has 1 unspecified atom stereocenters. The standard InChI is InChI=1S/C9H10N2O/c1-6-7-4-2-3-5-8(7)11-9(12)10-6/h2-6H,1H3,(H2,10,11,12). The number of para-hydroxylation sites is 1. The largest absolute Gasteiger partial charge is 0.331 e. The number of amides is 2. The van der Waals surface area contributed by atoms with Crippen LogP contribution in [0.5, 0.6) is 0 Å². The van der Waals surface area contributed by atoms with Crippen molar-refractivity contribution in [3.8, 4) is 0 Å². The Labute approximate surface area is 70.8 Å². The first kappa shape index (κ1) is 7.16. The van der Waals surface area contributed by atoms with Crippen LogP contribution >= 0.6 is 0 Å². The van der Waals surface area contributed by atoms with Gasteiger partial charge in [0, 0.05) is 5.69 Å². The lowest BCUT2D eigenvalue weighted by Gasteiger charge is -2.23. The second-order valence-corrected chi connectivity index (χ2v) is 2.91. The van der Waals surface area contributed by atoms with E-state index in [9.17, 15) is 4.79 Å². The molecule has 1 aromatic carbocycles. The topological polar surface area (TPSA) is 41.1 Å². The lowest BCUT2D eigenvalue weighted by Crippen LogP contribution is -2.36. The Balaban J connectivity index is 2.47. The molecular formula is C9H10N2O. The highest BCUT2D eigenvalue weighted by Crippen LogP contribution is 2.25. The minimum atomic E-state index is -0.124. The molecule has 0 aromatic heterocycles. The first-order valence-electron chi connectivity index (χ1n) is 3.94. The van der Waals surface area contributed by atoms with Crippen molar-refractivity contribution in [3.05, 3.63) is 29.8 Å². The van der Waals surface area contributed by atoms with Gasteiger partial charge in [0.2, 0.25) is 0 Å². The average Bonchev–Trinajstić information content (AvgIpc) is 2.04. The van der Waals surface area contributed by atoms with Crippen molar-refractivity contribution in [2.45, 2.75) is 13.0 Å². The molecule has 3 nitrogen and oxygen atoms in total. The van der Waals surface area contributed by atoms with Crippen molar-refractivity contribution in [3.63, 3.8) is 0 Å². The summed E-state index contributed by atoms with van der Waals surface area (Å²) in [5.74, 6) is 0. The SMILES string of the molecule is CC1NC(=O)Nc2ccccc21. The van der Waals surface area contributed by atoms with Gasteiger partial charge in [0.25, 0.3) is 0 Å². The maximum Gasteiger partial charge on any atom is 0.319 e. The van der Waals surface area contributed by atoms with Crippen LogP contribution in [-0.4, -0.2) is 6.03 Å². The fourth-order valence-electron chi connectivity index (χ4n) is 1.42. The molecule has 0 fully saturated rings. The number of urea groups is 1. The molecule has 0 spiro atoms. The lowest BCUT2D eigenvalue weighted by atomic mass is 10.0. The zero-order chi connectivity index (χ0) is 8.55. The molecule has 62 valence electrons. The molecule has 1 aromatic rings. The van der Waals surface area contributed by atoms with Crippen molar-refractivity contribution in [1.29, 1.82) is 0 Å². The van der Waals surface area contributed by atoms with Gasteiger partial charge in [0.1, 0.15) is 0 Å². The summed E-state index contributed by atoms with van der Waals surface area (Å²) in [5, 5.41) is 5.53. The van der Waals surface area contributed by atoms with E-state index in [-0.39, 0.29) is 12.1 Å². The van der Waals surface area contributed by atoms with Gasteiger partial charge in [-0.05, 0) is 18.6 Å². The van der Waals surface area contributed by atoms with Crippen molar-refractivity contribution < 1.29 is 4.79 Å². The predicted octanol–water partition coefficient (Wildman–Crippen LogP) is 1.88. The smallest absolute Gasteiger partial charge is 0.319 e. The summed E-state index contributed by atoms with van der Waals surface area (Å²) in [6, 6.07) is 7.78. The summed E-state index contributed by atoms with van der Waals surface area (Å²) in [6.07, 6.45) is 0. The molecule has 2 amide bonds. The monoisotopic (exact) mass is 162 g/mol. The third-order valence-corrected chi connectivity index (χ3v) is 2.02. The summed E-state index contributed by atoms with van der Waals surface area (Å²) in [6.45, 7) is 1.97. The van der Waals surface area contributed by atoms with Gasteiger partial charge in [0.15, 0.2) is 0 Å². The third kappa shape index (κ3) is 1.03. The molecule has 1 heterocycles. The van der Waals surface area contributed by atoms with E-state index in [0.29, 0.717) is 0 Å². The number of hydrogen-bond donors (Lipinski definition) is 2. The molecule has 0 bridgehead atoms. The van der Waals surface area contributed by atoms with Gasteiger partial charge in [-0.3, -0.25) is 0 Å². The Morgan fingerprint density at radius 1 is 1.33 bits per heavy atom. The fourth-order valence-corrected chi connectivity index (χ4v) is 1.42. The van der Waals surface area contributed by atoms with E-state index in [2.05, 4.69) is 10.6 Å². The van der Waals surface area contributed by atoms with Crippen LogP contribution in [0.4, 0.5) is 10.5 Å². The quantitative estimate of drug-likeness (QED) is 0.600. The summed E-state index contributed by atoms with van der Waals surface area (Å²) >= 11 is 0. The molecule has 0 radical (unpaired) electrons. The van der Waals surface area contributed by atoms with Gasteiger partial charge < -0.3 is 10.6 Å². The number of carbonyl (C=O) groups excluding carboxylic acids is 1. The van der Waals surface area contributed by atoms with Gasteiger partial charge >= 0.3 is 6.03 Å². The molecule has 12 heavy (non-hydrogen) atoms. The Kier molecular flexibility index (Phi) is 1.50. The predicted molar refractivity (Wildman–Crippen MR) is 47.0 cm³/mol. The van der Waals surface area contributed by atoms with Gasteiger partial charge in [0.05, 0.1) is 6.04 Å². The van der Waals surface area contributed by atoms with E-state index in [0.717, 1.165) is 11.3 Å². The second kappa shape index (κ2) is 2.52. The van der Waals surface area contributed by atoms with Crippen molar-refractivity contribution in [2.24, 2.45) is 0 Å². The van der Waals surface area contributed by atoms with Gasteiger partial charge in [-0.1, -0.05) is 18.2 Å². The Morgan fingerprint density at radius 2 is 2.08 bits per heavy atom. The molecule has 0 saturated heterocycles. The minimum absolute atomic E-state index is 0.106. The number of nitrogens with one attached hydrogen (secondary N) is 2. The van der Waals surface area contributed by atoms with Crippen LogP contribution in [0.3, 0.4) is 0 Å². The first-order valence-corrected chi connectivity index (χ1v) is 3.94. The number of hydrogen-bond acceptors (Lipinski definition) is 1. The number of rotatable bonds is 0. The Bertz CT molecular complexity index is 322. The number of carbonyl (C=O) groups is 1. The summed E-state index contributed by atoms with van der Waals surface area (Å²) in [5.41, 5.74) is 2.05. The zero-order valence-corrected chi connectivity index (χ0v) is 6.79. The van der Waals surface area contributed by atoms with Gasteiger partial charge in [-0.25, -0.2) is 4.79 Å². The fraction of sp³-hybridized carbons (Fsp3) is 0.222. The lowest BCUT2D eigenvalue weighted by molar-refractivity contribution is 0.248. The maximum atomic E-state index is 11.0. The summed E-state index contributed by atoms with van der Waals surface area (Å²) in [7, 11) is 0. The van der Waals surface area contributed by atoms with Crippen LogP contribution in [0, 0.1) is 0 Å². The normalized spacial score (nSPS) is 20.8. The van der Waals surface area contributed by atoms with Gasteiger partial charge in [-0.15, -0.1) is 0 Å². The highest BCUT2D eigenvalue weighted by Gasteiger charge is 2.18. The molecule has 3 heteroatoms. The zero-order valence-electron chi connectivity index (χ0n) is 6.79. The summed E-state index contributed by atoms with van der Waals surface area (Å²) in [4.78, 5) is 11.0. The number of benzene rings is 1. The van der Waals surface area contributed by atoms with Crippen LogP contribution in [0.15, 0.2) is 24.3 Å². The highest BCUT2D eigenvalue weighted by molar-refractivity contribution is 5.92. The van der Waals surface area contributed by atoms with Crippen LogP contribution in [0.25, 0.3) is 0 Å². The van der Waals surface area contributed by atoms with Crippen molar-refractivity contribution >= 4 is 11.7 Å². The van der Waals surface area contributed by atoms with E-state index in [4.69, 9.17) is 0 Å². The molecule has 1 aliphatic rings. The number of anilines is 1. The van der Waals surface area contributed by atoms with Crippen molar-refractivity contribution in [1.82, 2.24) is 5.32 Å². The molecule has 1 atom stereocenters. The van der Waals surface area contributed by atoms with Crippen LogP contribution in [0.1, 0.15) is 18.5 Å². The van der Waals surface area contributed by atoms with E-state index in [1.807, 2.05) is 31.2 Å². The van der Waals surface area contributed by atoms with E-state index < -0.39 is 0 Å². The average molecular weight is 162 g/mol. The van der Waals surface area contributed by atoms with E-state index >= 15 is 0 Å². The van der Waals surface area contributed by atoms with Crippen LogP contribution < -0.4 is 10.6 Å². The summed E-state index contributed by atoms with van der Waals surface area (Å²) < 4.78 is 0. The van der Waals surface area contributed by atoms with E-state index in [1.54, 1.807) is 0 Å². The molecule has 0 aliphatic carbocycles. The molecule has 2 rings (SSSR count). The molecule has 1 aliphatic heterocycles. The van der Waals surface area contributed by atoms with Crippen LogP contribution in [0.2, 0.25) is 0 Å². The molecule has 2 N–H and O–H groups in total. The number of fused-ring (bicyclic) bond motifs is 1. The van der Waals surface area contributed by atoms with Crippen molar-refractivity contribution in [2.75, 3.05) is 5.32 Å². The third-order valence-electron chi connectivity index (χ3n) is 2.02. The molecular weight excluding hydrogens is 152 g/mol. The molecule has 0 saturated carbocycles. The minimum Gasteiger partial charge on any atom is -0.331 e. The first-order chi connectivity index (χ1) is 5.77. The highest BCUT2D eigenvalue weighted by atomic mass is 16.2. The van der Waals surface area contributed by atoms with E-state index in [1.165, 1.54) is 0 Å². The Morgan fingerprint density at radius 3 is 2.92 bits per heavy atom. The maximum absolute atomic E-state index is 11.0. The van der Waals surface area contributed by atoms with Gasteiger partial charge in [-0.2, -0.15) is 0 Å². The second-order valence-electron chi connectivity index (χ2n) is 2.91. The van der Waals surface area contributed by atoms with Crippen LogP contribution in [-0.2, 0) is 0 Å².